The number of aromatic nitrogens is 3. The summed E-state index contributed by atoms with van der Waals surface area (Å²) < 4.78 is 60.2. The summed E-state index contributed by atoms with van der Waals surface area (Å²) in [6.45, 7) is 3.73. The van der Waals surface area contributed by atoms with Gasteiger partial charge < -0.3 is 19.9 Å². The van der Waals surface area contributed by atoms with Gasteiger partial charge in [-0.15, -0.1) is 0 Å². The lowest BCUT2D eigenvalue weighted by molar-refractivity contribution is -0.137. The molecule has 2 aromatic heterocycles. The van der Waals surface area contributed by atoms with Crippen molar-refractivity contribution < 1.29 is 22.3 Å². The van der Waals surface area contributed by atoms with Crippen LogP contribution < -0.4 is 19.9 Å². The van der Waals surface area contributed by atoms with Crippen LogP contribution in [-0.2, 0) is 6.18 Å². The quantitative estimate of drug-likeness (QED) is 0.459. The van der Waals surface area contributed by atoms with E-state index in [2.05, 4.69) is 20.3 Å². The van der Waals surface area contributed by atoms with Crippen molar-refractivity contribution >= 4 is 23.2 Å². The van der Waals surface area contributed by atoms with E-state index < -0.39 is 17.6 Å². The molecule has 1 unspecified atom stereocenters. The average Bonchev–Trinajstić information content (AvgIpc) is 3.42. The Balaban J connectivity index is 1.38. The summed E-state index contributed by atoms with van der Waals surface area (Å²) in [5.41, 5.74) is 0.361. The summed E-state index contributed by atoms with van der Waals surface area (Å²) in [5, 5.41) is 3.27. The fourth-order valence-corrected chi connectivity index (χ4v) is 4.69. The van der Waals surface area contributed by atoms with Gasteiger partial charge in [-0.2, -0.15) is 23.1 Å². The second kappa shape index (κ2) is 10.7. The van der Waals surface area contributed by atoms with Gasteiger partial charge in [0.05, 0.1) is 22.9 Å². The molecule has 0 radical (unpaired) electrons. The molecular weight excluding hydrogens is 512 g/mol. The van der Waals surface area contributed by atoms with Crippen molar-refractivity contribution in [2.24, 2.45) is 5.92 Å². The topological polar surface area (TPSA) is 66.4 Å². The van der Waals surface area contributed by atoms with Crippen molar-refractivity contribution in [3.8, 4) is 17.3 Å². The zero-order valence-electron chi connectivity index (χ0n) is 19.8. The number of ether oxygens (including phenoxy) is 1. The van der Waals surface area contributed by atoms with Gasteiger partial charge in [0, 0.05) is 56.5 Å². The molecule has 2 aliphatic rings. The van der Waals surface area contributed by atoms with Crippen LogP contribution in [0, 0.1) is 11.7 Å². The fourth-order valence-electron chi connectivity index (χ4n) is 4.51. The minimum Gasteiger partial charge on any atom is -0.463 e. The molecule has 2 saturated heterocycles. The lowest BCUT2D eigenvalue weighted by Crippen LogP contribution is -2.47. The smallest absolute Gasteiger partial charge is 0.419 e. The predicted molar refractivity (Wildman–Crippen MR) is 133 cm³/mol. The number of benzene rings is 1. The highest BCUT2D eigenvalue weighted by molar-refractivity contribution is 6.31. The van der Waals surface area contributed by atoms with Crippen LogP contribution >= 0.6 is 11.6 Å². The Bertz CT molecular complexity index is 1250. The summed E-state index contributed by atoms with van der Waals surface area (Å²) in [7, 11) is 0. The Labute approximate surface area is 216 Å². The fraction of sp³-hybridized carbons (Fsp3) is 0.400. The lowest BCUT2D eigenvalue weighted by Gasteiger charge is -2.37. The summed E-state index contributed by atoms with van der Waals surface area (Å²) in [4.78, 5) is 16.7. The first-order chi connectivity index (χ1) is 17.8. The van der Waals surface area contributed by atoms with Gasteiger partial charge in [0.2, 0.25) is 0 Å². The van der Waals surface area contributed by atoms with E-state index in [-0.39, 0.29) is 16.9 Å². The summed E-state index contributed by atoms with van der Waals surface area (Å²) in [6, 6.07) is 8.62. The number of rotatable bonds is 6. The van der Waals surface area contributed by atoms with E-state index in [1.54, 1.807) is 17.0 Å². The number of hydrogen-bond acceptors (Lipinski definition) is 7. The van der Waals surface area contributed by atoms with Gasteiger partial charge in [-0.3, -0.25) is 0 Å². The average molecular weight is 537 g/mol. The van der Waals surface area contributed by atoms with Crippen molar-refractivity contribution in [1.82, 2.24) is 20.3 Å². The largest absolute Gasteiger partial charge is 0.463 e. The zero-order chi connectivity index (χ0) is 26.0. The van der Waals surface area contributed by atoms with Crippen molar-refractivity contribution in [2.45, 2.75) is 12.6 Å². The maximum absolute atomic E-state index is 13.8. The Morgan fingerprint density at radius 2 is 1.84 bits per heavy atom. The van der Waals surface area contributed by atoms with Crippen molar-refractivity contribution in [1.29, 1.82) is 0 Å². The van der Waals surface area contributed by atoms with E-state index in [0.29, 0.717) is 55.8 Å². The molecule has 4 heterocycles. The molecule has 2 fully saturated rings. The Kier molecular flexibility index (Phi) is 7.34. The van der Waals surface area contributed by atoms with Gasteiger partial charge in [-0.05, 0) is 43.3 Å². The summed E-state index contributed by atoms with van der Waals surface area (Å²) >= 11 is 6.00. The first-order valence-corrected chi connectivity index (χ1v) is 12.4. The van der Waals surface area contributed by atoms with Crippen molar-refractivity contribution in [2.75, 3.05) is 55.7 Å². The van der Waals surface area contributed by atoms with Crippen molar-refractivity contribution in [3.05, 3.63) is 59.0 Å². The number of anilines is 2. The molecule has 12 heteroatoms. The van der Waals surface area contributed by atoms with E-state index >= 15 is 0 Å². The molecule has 0 bridgehead atoms. The normalized spacial score (nSPS) is 18.4. The Hall–Kier alpha value is -3.18. The molecular formula is C25H25ClF4N6O. The van der Waals surface area contributed by atoms with Crippen LogP contribution in [0.4, 0.5) is 29.2 Å². The molecule has 1 atom stereocenters. The summed E-state index contributed by atoms with van der Waals surface area (Å²) in [6.07, 6.45) is -2.12. The molecule has 5 rings (SSSR count). The molecule has 1 aromatic carbocycles. The highest BCUT2D eigenvalue weighted by Gasteiger charge is 2.36. The van der Waals surface area contributed by atoms with E-state index in [1.165, 1.54) is 24.4 Å². The standard InChI is InChI=1S/C25H25ClF4N6O/c26-19-12-17(3-4-20(19)27)21-13-22(34-24(33-21)37-15-16-5-7-31-14-16)35-8-10-36(11-9-35)23-18(25(28,29)30)2-1-6-32-23/h1-4,6,12-13,16,31H,5,7-11,14-15H2. The number of piperazine rings is 1. The minimum atomic E-state index is -4.49. The molecule has 196 valence electrons. The maximum atomic E-state index is 13.8. The van der Waals surface area contributed by atoms with Crippen LogP contribution in [0.2, 0.25) is 5.02 Å². The molecule has 3 aromatic rings. The Morgan fingerprint density at radius 3 is 2.54 bits per heavy atom. The number of hydrogen-bond donors (Lipinski definition) is 1. The highest BCUT2D eigenvalue weighted by atomic mass is 35.5. The van der Waals surface area contributed by atoms with E-state index in [9.17, 15) is 17.6 Å². The highest BCUT2D eigenvalue weighted by Crippen LogP contribution is 2.36. The molecule has 37 heavy (non-hydrogen) atoms. The second-order valence-corrected chi connectivity index (χ2v) is 9.45. The molecule has 1 N–H and O–H groups in total. The number of pyridine rings is 1. The van der Waals surface area contributed by atoms with Crippen LogP contribution in [0.15, 0.2) is 42.6 Å². The molecule has 7 nitrogen and oxygen atoms in total. The number of nitrogens with one attached hydrogen (secondary N) is 1. The van der Waals surface area contributed by atoms with Gasteiger partial charge in [0.1, 0.15) is 17.5 Å². The van der Waals surface area contributed by atoms with E-state index in [4.69, 9.17) is 16.3 Å². The molecule has 0 saturated carbocycles. The predicted octanol–water partition coefficient (Wildman–Crippen LogP) is 4.66. The maximum Gasteiger partial charge on any atom is 0.419 e. The molecule has 0 spiro atoms. The van der Waals surface area contributed by atoms with Gasteiger partial charge in [-0.1, -0.05) is 11.6 Å². The SMILES string of the molecule is Fc1ccc(-c2cc(N3CCN(c4ncccc4C(F)(F)F)CC3)nc(OCC3CCNC3)n2)cc1Cl. The van der Waals surface area contributed by atoms with E-state index in [0.717, 1.165) is 25.6 Å². The zero-order valence-corrected chi connectivity index (χ0v) is 20.6. The first kappa shape index (κ1) is 25.5. The number of halogens is 5. The molecule has 2 aliphatic heterocycles. The minimum absolute atomic E-state index is 0.0263. The monoisotopic (exact) mass is 536 g/mol. The van der Waals surface area contributed by atoms with E-state index in [1.807, 2.05) is 4.90 Å². The number of alkyl halides is 3. The molecule has 0 aliphatic carbocycles. The van der Waals surface area contributed by atoms with Gasteiger partial charge in [0.15, 0.2) is 0 Å². The summed E-state index contributed by atoms with van der Waals surface area (Å²) in [5.74, 6) is 0.310. The number of nitrogens with zero attached hydrogens (tertiary/aromatic N) is 5. The molecule has 0 amide bonds. The second-order valence-electron chi connectivity index (χ2n) is 9.04. The van der Waals surface area contributed by atoms with Crippen LogP contribution in [0.5, 0.6) is 6.01 Å². The van der Waals surface area contributed by atoms with Crippen LogP contribution in [0.1, 0.15) is 12.0 Å². The van der Waals surface area contributed by atoms with Gasteiger partial charge >= 0.3 is 12.2 Å². The third kappa shape index (κ3) is 5.88. The first-order valence-electron chi connectivity index (χ1n) is 12.0. The lowest BCUT2D eigenvalue weighted by atomic mass is 10.1. The van der Waals surface area contributed by atoms with Crippen LogP contribution in [0.3, 0.4) is 0 Å². The van der Waals surface area contributed by atoms with Gasteiger partial charge in [0.25, 0.3) is 0 Å². The van der Waals surface area contributed by atoms with Crippen molar-refractivity contribution in [3.63, 3.8) is 0 Å². The Morgan fingerprint density at radius 1 is 1.05 bits per heavy atom. The third-order valence-corrected chi connectivity index (χ3v) is 6.80. The van der Waals surface area contributed by atoms with Gasteiger partial charge in [-0.25, -0.2) is 9.37 Å². The third-order valence-electron chi connectivity index (χ3n) is 6.51. The van der Waals surface area contributed by atoms with Crippen LogP contribution in [0.25, 0.3) is 11.3 Å². The van der Waals surface area contributed by atoms with Crippen LogP contribution in [-0.4, -0.2) is 60.8 Å².